The smallest absolute Gasteiger partial charge is 0.320 e. The molecule has 1 amide bonds. The maximum Gasteiger partial charge on any atom is 0.320 e. The van der Waals surface area contributed by atoms with Gasteiger partial charge in [0, 0.05) is 24.3 Å². The van der Waals surface area contributed by atoms with Gasteiger partial charge >= 0.3 is 5.97 Å². The van der Waals surface area contributed by atoms with Crippen LogP contribution < -0.4 is 16.1 Å². The number of hydroxylamine groups is 1. The third-order valence-corrected chi connectivity index (χ3v) is 7.60. The Morgan fingerprint density at radius 3 is 2.24 bits per heavy atom. The quantitative estimate of drug-likeness (QED) is 0.216. The number of carboxylic acid groups (broad SMARTS) is 1. The number of nitrogens with one attached hydrogen (secondary N) is 3. The summed E-state index contributed by atoms with van der Waals surface area (Å²) in [5, 5.41) is 26.1. The molecule has 2 aromatic carbocycles. The lowest BCUT2D eigenvalue weighted by molar-refractivity contribution is -0.141. The molecule has 1 heterocycles. The molecule has 0 saturated heterocycles. The van der Waals surface area contributed by atoms with Gasteiger partial charge < -0.3 is 15.7 Å². The van der Waals surface area contributed by atoms with Gasteiger partial charge in [0.25, 0.3) is 5.91 Å². The second kappa shape index (κ2) is 11.6. The van der Waals surface area contributed by atoms with Crippen molar-refractivity contribution in [2.75, 3.05) is 0 Å². The fourth-order valence-electron chi connectivity index (χ4n) is 4.63. The van der Waals surface area contributed by atoms with E-state index in [-0.39, 0.29) is 5.92 Å². The molecule has 3 aromatic rings. The van der Waals surface area contributed by atoms with Crippen LogP contribution in [0.3, 0.4) is 0 Å². The van der Waals surface area contributed by atoms with Gasteiger partial charge in [-0.2, -0.15) is 0 Å². The van der Waals surface area contributed by atoms with Crippen molar-refractivity contribution in [1.82, 2.24) is 16.1 Å². The van der Waals surface area contributed by atoms with Gasteiger partial charge in [0.05, 0.1) is 4.88 Å². The van der Waals surface area contributed by atoms with Gasteiger partial charge in [-0.3, -0.25) is 14.8 Å². The zero-order valence-corrected chi connectivity index (χ0v) is 19.9. The van der Waals surface area contributed by atoms with E-state index in [2.05, 4.69) is 41.0 Å². The number of hydrogen-bond acceptors (Lipinski definition) is 6. The highest BCUT2D eigenvalue weighted by Crippen LogP contribution is 2.28. The number of aliphatic carboxylic acids is 1. The highest BCUT2D eigenvalue weighted by atomic mass is 32.1. The lowest BCUT2D eigenvalue weighted by atomic mass is 9.84. The summed E-state index contributed by atoms with van der Waals surface area (Å²) in [5.74, 6) is -1.02. The van der Waals surface area contributed by atoms with Crippen molar-refractivity contribution in [1.29, 1.82) is 0 Å². The predicted octanol–water partition coefficient (Wildman–Crippen LogP) is 4.43. The van der Waals surface area contributed by atoms with Gasteiger partial charge in [0.15, 0.2) is 0 Å². The van der Waals surface area contributed by atoms with Crippen LogP contribution in [0.1, 0.15) is 58.5 Å². The molecule has 1 atom stereocenters. The summed E-state index contributed by atoms with van der Waals surface area (Å²) in [4.78, 5) is 23.8. The summed E-state index contributed by atoms with van der Waals surface area (Å²) >= 11 is 1.35. The molecule has 1 unspecified atom stereocenters. The Morgan fingerprint density at radius 1 is 0.912 bits per heavy atom. The third kappa shape index (κ3) is 6.21. The molecule has 5 N–H and O–H groups in total. The van der Waals surface area contributed by atoms with Gasteiger partial charge in [0.1, 0.15) is 6.04 Å². The van der Waals surface area contributed by atoms with Crippen molar-refractivity contribution in [2.45, 2.75) is 57.8 Å². The molecule has 1 aliphatic carbocycles. The monoisotopic (exact) mass is 481 g/mol. The standard InChI is InChI=1S/C26H31N3O4S/c30-25(29-33)23-13-21-11-10-19(12-22(21)34-23)15-27-14-17-6-8-18(9-7-17)16-28-24(26(31)32)20-4-2-1-3-5-20/h6-13,20,24,27-28,33H,1-5,14-16H2,(H,29,30)(H,31,32). The SMILES string of the molecule is O=C(NO)c1cc2ccc(CNCc3ccc(CNC(C(=O)O)C4CCCCC4)cc3)cc2s1. The Morgan fingerprint density at radius 2 is 1.56 bits per heavy atom. The molecule has 7 nitrogen and oxygen atoms in total. The van der Waals surface area contributed by atoms with Gasteiger partial charge in [-0.1, -0.05) is 55.7 Å². The van der Waals surface area contributed by atoms with E-state index in [0.717, 1.165) is 52.5 Å². The molecule has 1 aliphatic rings. The normalized spacial score (nSPS) is 15.3. The van der Waals surface area contributed by atoms with Gasteiger partial charge in [-0.05, 0) is 53.0 Å². The predicted molar refractivity (Wildman–Crippen MR) is 133 cm³/mol. The van der Waals surface area contributed by atoms with E-state index in [9.17, 15) is 14.7 Å². The molecule has 0 aliphatic heterocycles. The molecule has 4 rings (SSSR count). The largest absolute Gasteiger partial charge is 0.480 e. The second-order valence-electron chi connectivity index (χ2n) is 8.94. The molecule has 1 fully saturated rings. The number of benzene rings is 2. The number of carbonyl (C=O) groups is 2. The molecule has 1 aromatic heterocycles. The summed E-state index contributed by atoms with van der Waals surface area (Å²) in [6, 6.07) is 15.6. The highest BCUT2D eigenvalue weighted by molar-refractivity contribution is 7.20. The highest BCUT2D eigenvalue weighted by Gasteiger charge is 2.28. The van der Waals surface area contributed by atoms with Crippen molar-refractivity contribution >= 4 is 33.3 Å². The number of fused-ring (bicyclic) bond motifs is 1. The molecule has 8 heteroatoms. The summed E-state index contributed by atoms with van der Waals surface area (Å²) in [6.45, 7) is 1.97. The van der Waals surface area contributed by atoms with Gasteiger partial charge in [0.2, 0.25) is 0 Å². The fraction of sp³-hybridized carbons (Fsp3) is 0.385. The summed E-state index contributed by atoms with van der Waals surface area (Å²) < 4.78 is 1.00. The van der Waals surface area contributed by atoms with Crippen molar-refractivity contribution in [3.8, 4) is 0 Å². The summed E-state index contributed by atoms with van der Waals surface area (Å²) in [7, 11) is 0. The van der Waals surface area contributed by atoms with Crippen LogP contribution in [0.25, 0.3) is 10.1 Å². The maximum atomic E-state index is 11.7. The van der Waals surface area contributed by atoms with Crippen LogP contribution in [0.15, 0.2) is 48.5 Å². The Balaban J connectivity index is 1.26. The van der Waals surface area contributed by atoms with Crippen molar-refractivity contribution in [2.24, 2.45) is 5.92 Å². The first kappa shape index (κ1) is 24.3. The number of amides is 1. The Kier molecular flexibility index (Phi) is 8.29. The Bertz CT molecular complexity index is 1120. The van der Waals surface area contributed by atoms with Crippen LogP contribution >= 0.6 is 11.3 Å². The number of carbonyl (C=O) groups excluding carboxylic acids is 1. The molecule has 0 spiro atoms. The van der Waals surface area contributed by atoms with Crippen LogP contribution in [0, 0.1) is 5.92 Å². The van der Waals surface area contributed by atoms with Gasteiger partial charge in [-0.25, -0.2) is 5.48 Å². The van der Waals surface area contributed by atoms with Crippen LogP contribution in [-0.4, -0.2) is 28.2 Å². The van der Waals surface area contributed by atoms with E-state index >= 15 is 0 Å². The molecule has 0 bridgehead atoms. The molecular formula is C26H31N3O4S. The number of thiophene rings is 1. The first-order valence-electron chi connectivity index (χ1n) is 11.7. The Hall–Kier alpha value is -2.78. The van der Waals surface area contributed by atoms with E-state index in [1.54, 1.807) is 11.5 Å². The van der Waals surface area contributed by atoms with E-state index in [1.165, 1.54) is 17.8 Å². The maximum absolute atomic E-state index is 11.7. The first-order valence-corrected chi connectivity index (χ1v) is 12.6. The zero-order valence-electron chi connectivity index (χ0n) is 19.0. The van der Waals surface area contributed by atoms with Crippen molar-refractivity contribution in [3.63, 3.8) is 0 Å². The topological polar surface area (TPSA) is 111 Å². The molecule has 34 heavy (non-hydrogen) atoms. The lowest BCUT2D eigenvalue weighted by Crippen LogP contribution is -2.43. The third-order valence-electron chi connectivity index (χ3n) is 6.50. The lowest BCUT2D eigenvalue weighted by Gasteiger charge is -2.28. The molecule has 180 valence electrons. The van der Waals surface area contributed by atoms with Crippen LogP contribution in [0.5, 0.6) is 0 Å². The Labute approximate surface area is 203 Å². The average molecular weight is 482 g/mol. The molecular weight excluding hydrogens is 450 g/mol. The minimum absolute atomic E-state index is 0.224. The minimum Gasteiger partial charge on any atom is -0.480 e. The van der Waals surface area contributed by atoms with Crippen LogP contribution in [0.2, 0.25) is 0 Å². The van der Waals surface area contributed by atoms with E-state index < -0.39 is 17.9 Å². The van der Waals surface area contributed by atoms with E-state index in [4.69, 9.17) is 5.21 Å². The average Bonchev–Trinajstić information content (AvgIpc) is 3.28. The van der Waals surface area contributed by atoms with Crippen molar-refractivity contribution < 1.29 is 19.9 Å². The zero-order chi connectivity index (χ0) is 23.9. The van der Waals surface area contributed by atoms with E-state index in [0.29, 0.717) is 24.5 Å². The molecule has 1 saturated carbocycles. The molecule has 0 radical (unpaired) electrons. The second-order valence-corrected chi connectivity index (χ2v) is 10.0. The van der Waals surface area contributed by atoms with Crippen LogP contribution in [0.4, 0.5) is 0 Å². The first-order chi connectivity index (χ1) is 16.5. The summed E-state index contributed by atoms with van der Waals surface area (Å²) in [6.07, 6.45) is 5.45. The van der Waals surface area contributed by atoms with Gasteiger partial charge in [-0.15, -0.1) is 11.3 Å². The number of carboxylic acids is 1. The van der Waals surface area contributed by atoms with E-state index in [1.807, 2.05) is 12.1 Å². The summed E-state index contributed by atoms with van der Waals surface area (Å²) in [5.41, 5.74) is 5.03. The van der Waals surface area contributed by atoms with Crippen molar-refractivity contribution in [3.05, 3.63) is 70.1 Å². The number of hydrogen-bond donors (Lipinski definition) is 5. The minimum atomic E-state index is -0.749. The fourth-order valence-corrected chi connectivity index (χ4v) is 5.65. The van der Waals surface area contributed by atoms with Crippen LogP contribution in [-0.2, 0) is 24.4 Å². The number of rotatable bonds is 10.